The summed E-state index contributed by atoms with van der Waals surface area (Å²) in [6.07, 6.45) is 4.01. The van der Waals surface area contributed by atoms with Crippen molar-refractivity contribution < 1.29 is 0 Å². The zero-order valence-electron chi connectivity index (χ0n) is 11.9. The van der Waals surface area contributed by atoms with Gasteiger partial charge in [0.05, 0.1) is 11.7 Å². The van der Waals surface area contributed by atoms with Crippen LogP contribution < -0.4 is 5.32 Å². The maximum atomic E-state index is 4.40. The Labute approximate surface area is 123 Å². The first-order valence-electron chi connectivity index (χ1n) is 6.41. The van der Waals surface area contributed by atoms with Gasteiger partial charge in [-0.25, -0.2) is 0 Å². The number of rotatable bonds is 3. The van der Waals surface area contributed by atoms with Gasteiger partial charge in [0.1, 0.15) is 0 Å². The molecule has 1 N–H and O–H groups in total. The first-order valence-corrected chi connectivity index (χ1v) is 7.20. The van der Waals surface area contributed by atoms with E-state index in [9.17, 15) is 0 Å². The van der Waals surface area contributed by atoms with Crippen LogP contribution in [0.25, 0.3) is 0 Å². The lowest BCUT2D eigenvalue weighted by molar-refractivity contribution is 0.355. The summed E-state index contributed by atoms with van der Waals surface area (Å²) < 4.78 is 3.12. The van der Waals surface area contributed by atoms with E-state index >= 15 is 0 Å². The fourth-order valence-electron chi connectivity index (χ4n) is 1.80. The molecule has 19 heavy (non-hydrogen) atoms. The van der Waals surface area contributed by atoms with E-state index in [2.05, 4.69) is 78.4 Å². The molecule has 0 aliphatic heterocycles. The molecule has 0 bridgehead atoms. The third kappa shape index (κ3) is 3.38. The Morgan fingerprint density at radius 3 is 2.68 bits per heavy atom. The SMILES string of the molecule is Cc1cccc(NCc2cnn(C(C)(C)C)c2)c1Br. The Balaban J connectivity index is 2.07. The van der Waals surface area contributed by atoms with Crippen molar-refractivity contribution in [3.05, 3.63) is 46.2 Å². The molecule has 0 amide bonds. The van der Waals surface area contributed by atoms with Gasteiger partial charge in [0.2, 0.25) is 0 Å². The first kappa shape index (κ1) is 14.1. The van der Waals surface area contributed by atoms with Gasteiger partial charge in [0.15, 0.2) is 0 Å². The van der Waals surface area contributed by atoms with E-state index in [4.69, 9.17) is 0 Å². The van der Waals surface area contributed by atoms with Crippen molar-refractivity contribution in [2.75, 3.05) is 5.32 Å². The first-order chi connectivity index (χ1) is 8.88. The van der Waals surface area contributed by atoms with Crippen molar-refractivity contribution in [2.45, 2.75) is 39.8 Å². The van der Waals surface area contributed by atoms with Crippen LogP contribution in [-0.4, -0.2) is 9.78 Å². The smallest absolute Gasteiger partial charge is 0.0543 e. The van der Waals surface area contributed by atoms with Gasteiger partial charge < -0.3 is 5.32 Å². The van der Waals surface area contributed by atoms with Crippen LogP contribution in [0, 0.1) is 6.92 Å². The molecule has 0 saturated heterocycles. The number of nitrogens with zero attached hydrogens (tertiary/aromatic N) is 2. The highest BCUT2D eigenvalue weighted by Gasteiger charge is 2.13. The van der Waals surface area contributed by atoms with Crippen molar-refractivity contribution in [3.63, 3.8) is 0 Å². The van der Waals surface area contributed by atoms with Crippen LogP contribution >= 0.6 is 15.9 Å². The molecule has 0 fully saturated rings. The predicted octanol–water partition coefficient (Wildman–Crippen LogP) is 4.32. The highest BCUT2D eigenvalue weighted by atomic mass is 79.9. The summed E-state index contributed by atoms with van der Waals surface area (Å²) >= 11 is 3.61. The van der Waals surface area contributed by atoms with Gasteiger partial charge in [0.25, 0.3) is 0 Å². The topological polar surface area (TPSA) is 29.9 Å². The van der Waals surface area contributed by atoms with Crippen molar-refractivity contribution in [2.24, 2.45) is 0 Å². The van der Waals surface area contributed by atoms with Crippen LogP contribution in [0.5, 0.6) is 0 Å². The maximum Gasteiger partial charge on any atom is 0.0543 e. The summed E-state index contributed by atoms with van der Waals surface area (Å²) in [4.78, 5) is 0. The van der Waals surface area contributed by atoms with E-state index in [-0.39, 0.29) is 5.54 Å². The number of nitrogens with one attached hydrogen (secondary N) is 1. The number of benzene rings is 1. The van der Waals surface area contributed by atoms with Gasteiger partial charge in [-0.05, 0) is 55.3 Å². The molecule has 4 heteroatoms. The van der Waals surface area contributed by atoms with Gasteiger partial charge in [-0.3, -0.25) is 4.68 Å². The Kier molecular flexibility index (Phi) is 3.99. The minimum atomic E-state index is 0.0299. The molecule has 0 saturated carbocycles. The van der Waals surface area contributed by atoms with E-state index in [0.29, 0.717) is 0 Å². The average molecular weight is 322 g/mol. The predicted molar refractivity (Wildman–Crippen MR) is 83.4 cm³/mol. The zero-order valence-corrected chi connectivity index (χ0v) is 13.5. The van der Waals surface area contributed by atoms with Crippen molar-refractivity contribution in [1.29, 1.82) is 0 Å². The second-order valence-electron chi connectivity index (χ2n) is 5.75. The van der Waals surface area contributed by atoms with Gasteiger partial charge in [-0.15, -0.1) is 0 Å². The molecule has 1 heterocycles. The molecule has 0 spiro atoms. The van der Waals surface area contributed by atoms with Gasteiger partial charge in [0, 0.05) is 28.5 Å². The van der Waals surface area contributed by atoms with E-state index in [1.165, 1.54) is 11.1 Å². The number of hydrogen-bond donors (Lipinski definition) is 1. The fraction of sp³-hybridized carbons (Fsp3) is 0.400. The summed E-state index contributed by atoms with van der Waals surface area (Å²) in [5.74, 6) is 0. The largest absolute Gasteiger partial charge is 0.380 e. The monoisotopic (exact) mass is 321 g/mol. The summed E-state index contributed by atoms with van der Waals surface area (Å²) in [5, 5.41) is 7.84. The molecule has 1 aromatic carbocycles. The summed E-state index contributed by atoms with van der Waals surface area (Å²) in [6, 6.07) is 6.22. The third-order valence-corrected chi connectivity index (χ3v) is 4.05. The lowest BCUT2D eigenvalue weighted by atomic mass is 10.1. The quantitative estimate of drug-likeness (QED) is 0.912. The van der Waals surface area contributed by atoms with Crippen LogP contribution in [0.2, 0.25) is 0 Å². The molecule has 3 nitrogen and oxygen atoms in total. The zero-order chi connectivity index (χ0) is 14.0. The molecular formula is C15H20BrN3. The molecule has 0 aliphatic rings. The summed E-state index contributed by atoms with van der Waals surface area (Å²) in [6.45, 7) is 9.31. The Hall–Kier alpha value is -1.29. The van der Waals surface area contributed by atoms with Crippen LogP contribution in [0.15, 0.2) is 35.1 Å². The maximum absolute atomic E-state index is 4.40. The molecule has 2 aromatic rings. The highest BCUT2D eigenvalue weighted by molar-refractivity contribution is 9.10. The highest BCUT2D eigenvalue weighted by Crippen LogP contribution is 2.26. The second-order valence-corrected chi connectivity index (χ2v) is 6.55. The molecule has 0 aliphatic carbocycles. The Bertz CT molecular complexity index is 567. The average Bonchev–Trinajstić information content (AvgIpc) is 2.79. The number of halogens is 1. The van der Waals surface area contributed by atoms with Crippen LogP contribution in [0.4, 0.5) is 5.69 Å². The van der Waals surface area contributed by atoms with Crippen molar-refractivity contribution >= 4 is 21.6 Å². The third-order valence-electron chi connectivity index (χ3n) is 3.00. The van der Waals surface area contributed by atoms with Gasteiger partial charge in [-0.1, -0.05) is 12.1 Å². The molecule has 0 atom stereocenters. The molecule has 102 valence electrons. The lowest BCUT2D eigenvalue weighted by Gasteiger charge is -2.18. The summed E-state index contributed by atoms with van der Waals surface area (Å²) in [5.41, 5.74) is 3.56. The molecule has 1 aromatic heterocycles. The van der Waals surface area contributed by atoms with Crippen LogP contribution in [0.3, 0.4) is 0 Å². The van der Waals surface area contributed by atoms with Crippen LogP contribution in [0.1, 0.15) is 31.9 Å². The van der Waals surface area contributed by atoms with E-state index in [1.54, 1.807) is 0 Å². The normalized spacial score (nSPS) is 11.6. The number of aromatic nitrogens is 2. The molecular weight excluding hydrogens is 302 g/mol. The molecule has 0 unspecified atom stereocenters. The molecule has 2 rings (SSSR count). The lowest BCUT2D eigenvalue weighted by Crippen LogP contribution is -2.21. The van der Waals surface area contributed by atoms with Gasteiger partial charge >= 0.3 is 0 Å². The van der Waals surface area contributed by atoms with Gasteiger partial charge in [-0.2, -0.15) is 5.10 Å². The Morgan fingerprint density at radius 1 is 1.32 bits per heavy atom. The number of aryl methyl sites for hydroxylation is 1. The number of hydrogen-bond acceptors (Lipinski definition) is 2. The minimum Gasteiger partial charge on any atom is -0.380 e. The summed E-state index contributed by atoms with van der Waals surface area (Å²) in [7, 11) is 0. The standard InChI is InChI=1S/C15H20BrN3/c1-11-6-5-7-13(14(11)16)17-8-12-9-18-19(10-12)15(2,3)4/h5-7,9-10,17H,8H2,1-4H3. The molecule has 0 radical (unpaired) electrons. The van der Waals surface area contributed by atoms with E-state index in [1.807, 2.05) is 10.9 Å². The van der Waals surface area contributed by atoms with Crippen LogP contribution in [-0.2, 0) is 12.1 Å². The Morgan fingerprint density at radius 2 is 2.05 bits per heavy atom. The van der Waals surface area contributed by atoms with Crippen molar-refractivity contribution in [1.82, 2.24) is 9.78 Å². The van der Waals surface area contributed by atoms with E-state index < -0.39 is 0 Å². The number of anilines is 1. The van der Waals surface area contributed by atoms with E-state index in [0.717, 1.165) is 16.7 Å². The van der Waals surface area contributed by atoms with Crippen molar-refractivity contribution in [3.8, 4) is 0 Å². The fourth-order valence-corrected chi connectivity index (χ4v) is 2.20. The second kappa shape index (κ2) is 5.37. The minimum absolute atomic E-state index is 0.0299.